The van der Waals surface area contributed by atoms with Gasteiger partial charge < -0.3 is 5.11 Å². The van der Waals surface area contributed by atoms with E-state index in [1.54, 1.807) is 0 Å². The van der Waals surface area contributed by atoms with Gasteiger partial charge in [0.2, 0.25) is 0 Å². The highest BCUT2D eigenvalue weighted by Crippen LogP contribution is 2.24. The first kappa shape index (κ1) is 15.0. The first-order valence-corrected chi connectivity index (χ1v) is 8.17. The molecule has 1 aliphatic rings. The summed E-state index contributed by atoms with van der Waals surface area (Å²) in [5.41, 5.74) is -0.334. The summed E-state index contributed by atoms with van der Waals surface area (Å²) < 4.78 is 27.1. The first-order valence-electron chi connectivity index (χ1n) is 6.69. The predicted molar refractivity (Wildman–Crippen MR) is 71.9 cm³/mol. The molecule has 0 spiro atoms. The van der Waals surface area contributed by atoms with Gasteiger partial charge >= 0.3 is 5.97 Å². The molecule has 20 heavy (non-hydrogen) atoms. The van der Waals surface area contributed by atoms with Crippen LogP contribution in [-0.2, 0) is 10.0 Å². The van der Waals surface area contributed by atoms with Crippen LogP contribution in [0.15, 0.2) is 11.2 Å². The third-order valence-corrected chi connectivity index (χ3v) is 5.18. The molecule has 2 atom stereocenters. The molecule has 1 fully saturated rings. The second-order valence-corrected chi connectivity index (χ2v) is 7.00. The van der Waals surface area contributed by atoms with E-state index in [2.05, 4.69) is 21.8 Å². The second kappa shape index (κ2) is 5.92. The van der Waals surface area contributed by atoms with Crippen molar-refractivity contribution >= 4 is 16.0 Å². The number of H-pyrrole nitrogens is 1. The van der Waals surface area contributed by atoms with Crippen LogP contribution in [0.3, 0.4) is 0 Å². The quantitative estimate of drug-likeness (QED) is 0.727. The maximum Gasteiger partial charge on any atom is 0.340 e. The highest BCUT2D eigenvalue weighted by Gasteiger charge is 2.28. The van der Waals surface area contributed by atoms with Crippen molar-refractivity contribution in [3.05, 3.63) is 11.8 Å². The van der Waals surface area contributed by atoms with Gasteiger partial charge in [0, 0.05) is 6.04 Å². The van der Waals surface area contributed by atoms with Gasteiger partial charge in [-0.2, -0.15) is 5.10 Å². The molecular weight excluding hydrogens is 282 g/mol. The normalized spacial score (nSPS) is 24.2. The minimum Gasteiger partial charge on any atom is -0.478 e. The average molecular weight is 301 g/mol. The van der Waals surface area contributed by atoms with Crippen LogP contribution >= 0.6 is 0 Å². The Hall–Kier alpha value is -1.41. The SMILES string of the molecule is CC1CCCC(NS(=O)(=O)c2[nH]ncc2C(=O)O)CC1. The molecule has 8 heteroatoms. The Morgan fingerprint density at radius 2 is 2.15 bits per heavy atom. The monoisotopic (exact) mass is 301 g/mol. The van der Waals surface area contributed by atoms with Crippen molar-refractivity contribution in [1.29, 1.82) is 0 Å². The van der Waals surface area contributed by atoms with Crippen LogP contribution in [0.4, 0.5) is 0 Å². The van der Waals surface area contributed by atoms with Gasteiger partial charge in [-0.25, -0.2) is 17.9 Å². The van der Waals surface area contributed by atoms with E-state index in [0.29, 0.717) is 5.92 Å². The van der Waals surface area contributed by atoms with Crippen molar-refractivity contribution in [3.63, 3.8) is 0 Å². The number of nitrogens with zero attached hydrogens (tertiary/aromatic N) is 1. The lowest BCUT2D eigenvalue weighted by Crippen LogP contribution is -2.35. The summed E-state index contributed by atoms with van der Waals surface area (Å²) in [7, 11) is -3.87. The number of nitrogens with one attached hydrogen (secondary N) is 2. The highest BCUT2D eigenvalue weighted by atomic mass is 32.2. The third kappa shape index (κ3) is 3.37. The molecule has 1 aromatic rings. The molecule has 0 bridgehead atoms. The average Bonchev–Trinajstić information content (AvgIpc) is 2.78. The Morgan fingerprint density at radius 1 is 1.40 bits per heavy atom. The van der Waals surface area contributed by atoms with Gasteiger partial charge in [-0.1, -0.05) is 19.8 Å². The fraction of sp³-hybridized carbons (Fsp3) is 0.667. The van der Waals surface area contributed by atoms with E-state index < -0.39 is 16.0 Å². The van der Waals surface area contributed by atoms with Gasteiger partial charge in [0.15, 0.2) is 5.03 Å². The molecule has 7 nitrogen and oxygen atoms in total. The van der Waals surface area contributed by atoms with E-state index in [0.717, 1.165) is 38.3 Å². The summed E-state index contributed by atoms with van der Waals surface area (Å²) in [5, 5.41) is 14.3. The molecule has 1 aromatic heterocycles. The molecule has 2 rings (SSSR count). The number of hydrogen-bond donors (Lipinski definition) is 3. The van der Waals surface area contributed by atoms with Crippen LogP contribution < -0.4 is 4.72 Å². The predicted octanol–water partition coefficient (Wildman–Crippen LogP) is 1.35. The molecule has 0 aliphatic heterocycles. The Morgan fingerprint density at radius 3 is 2.85 bits per heavy atom. The topological polar surface area (TPSA) is 112 Å². The lowest BCUT2D eigenvalue weighted by molar-refractivity contribution is 0.0692. The second-order valence-electron chi connectivity index (χ2n) is 5.35. The Labute approximate surface area is 117 Å². The molecular formula is C12H19N3O4S. The van der Waals surface area contributed by atoms with Crippen LogP contribution in [0.5, 0.6) is 0 Å². The van der Waals surface area contributed by atoms with E-state index in [1.165, 1.54) is 0 Å². The fourth-order valence-electron chi connectivity index (χ4n) is 2.51. The van der Waals surface area contributed by atoms with E-state index in [1.807, 2.05) is 0 Å². The molecule has 1 heterocycles. The zero-order valence-corrected chi connectivity index (χ0v) is 12.1. The first-order chi connectivity index (χ1) is 9.40. The largest absolute Gasteiger partial charge is 0.478 e. The molecule has 0 radical (unpaired) electrons. The van der Waals surface area contributed by atoms with Crippen molar-refractivity contribution in [2.24, 2.45) is 5.92 Å². The third-order valence-electron chi connectivity index (χ3n) is 3.68. The molecule has 1 aliphatic carbocycles. The smallest absolute Gasteiger partial charge is 0.340 e. The number of hydrogen-bond acceptors (Lipinski definition) is 4. The van der Waals surface area contributed by atoms with Gasteiger partial charge in [-0.3, -0.25) is 5.10 Å². The van der Waals surface area contributed by atoms with Gasteiger partial charge in [0.25, 0.3) is 10.0 Å². The van der Waals surface area contributed by atoms with E-state index in [9.17, 15) is 13.2 Å². The molecule has 3 N–H and O–H groups in total. The molecule has 1 saturated carbocycles. The van der Waals surface area contributed by atoms with Crippen molar-refractivity contribution < 1.29 is 18.3 Å². The number of aromatic amines is 1. The number of aromatic carboxylic acids is 1. The van der Waals surface area contributed by atoms with E-state index in [4.69, 9.17) is 5.11 Å². The van der Waals surface area contributed by atoms with Gasteiger partial charge in [0.05, 0.1) is 6.20 Å². The summed E-state index contributed by atoms with van der Waals surface area (Å²) >= 11 is 0. The number of carboxylic acid groups (broad SMARTS) is 1. The summed E-state index contributed by atoms with van der Waals surface area (Å²) in [6, 6.07) is -0.144. The standard InChI is InChI=1S/C12H19N3O4S/c1-8-3-2-4-9(6-5-8)15-20(18,19)11-10(12(16)17)7-13-14-11/h7-9,15H,2-6H2,1H3,(H,13,14)(H,16,17). The van der Waals surface area contributed by atoms with Crippen molar-refractivity contribution in [3.8, 4) is 0 Å². The fourth-order valence-corrected chi connectivity index (χ4v) is 3.91. The van der Waals surface area contributed by atoms with Crippen molar-refractivity contribution in [2.45, 2.75) is 50.1 Å². The molecule has 0 amide bonds. The summed E-state index contributed by atoms with van der Waals surface area (Å²) in [6.45, 7) is 2.16. The molecule has 112 valence electrons. The van der Waals surface area contributed by atoms with Crippen LogP contribution in [0.2, 0.25) is 0 Å². The van der Waals surface area contributed by atoms with E-state index >= 15 is 0 Å². The summed E-state index contributed by atoms with van der Waals surface area (Å²) in [6.07, 6.45) is 5.61. The van der Waals surface area contributed by atoms with Crippen LogP contribution in [0.1, 0.15) is 49.4 Å². The summed E-state index contributed by atoms with van der Waals surface area (Å²) in [4.78, 5) is 11.0. The van der Waals surface area contributed by atoms with Crippen molar-refractivity contribution in [2.75, 3.05) is 0 Å². The molecule has 2 unspecified atom stereocenters. The lowest BCUT2D eigenvalue weighted by Gasteiger charge is -2.16. The zero-order valence-electron chi connectivity index (χ0n) is 11.3. The summed E-state index contributed by atoms with van der Waals surface area (Å²) in [5.74, 6) is -0.708. The Bertz CT molecular complexity index is 581. The maximum absolute atomic E-state index is 12.2. The number of aromatic nitrogens is 2. The van der Waals surface area contributed by atoms with Crippen LogP contribution in [0, 0.1) is 5.92 Å². The van der Waals surface area contributed by atoms with Crippen LogP contribution in [0.25, 0.3) is 0 Å². The van der Waals surface area contributed by atoms with Gasteiger partial charge in [0.1, 0.15) is 5.56 Å². The Kier molecular flexibility index (Phi) is 4.44. The Balaban J connectivity index is 2.14. The number of sulfonamides is 1. The van der Waals surface area contributed by atoms with Gasteiger partial charge in [-0.15, -0.1) is 0 Å². The molecule has 0 saturated heterocycles. The van der Waals surface area contributed by atoms with E-state index in [-0.39, 0.29) is 16.6 Å². The highest BCUT2D eigenvalue weighted by molar-refractivity contribution is 7.89. The number of rotatable bonds is 4. The molecule has 0 aromatic carbocycles. The number of carboxylic acids is 1. The lowest BCUT2D eigenvalue weighted by atomic mass is 10.0. The minimum absolute atomic E-state index is 0.144. The van der Waals surface area contributed by atoms with Crippen LogP contribution in [-0.4, -0.2) is 35.7 Å². The minimum atomic E-state index is -3.87. The number of carbonyl (C=O) groups is 1. The van der Waals surface area contributed by atoms with Crippen molar-refractivity contribution in [1.82, 2.24) is 14.9 Å². The zero-order chi connectivity index (χ0) is 14.8. The van der Waals surface area contributed by atoms with Gasteiger partial charge in [-0.05, 0) is 25.2 Å². The maximum atomic E-state index is 12.2.